The lowest BCUT2D eigenvalue weighted by Crippen LogP contribution is -2.46. The number of aliphatic hydroxyl groups excluding tert-OH is 3. The predicted octanol–water partition coefficient (Wildman–Crippen LogP) is 12.2. The van der Waals surface area contributed by atoms with Crippen LogP contribution in [0.1, 0.15) is 226 Å². The number of carbonyl (C=O) groups is 1. The van der Waals surface area contributed by atoms with Crippen molar-refractivity contribution in [2.24, 2.45) is 0 Å². The third-order valence-electron chi connectivity index (χ3n) is 10.0. The van der Waals surface area contributed by atoms with E-state index in [2.05, 4.69) is 43.5 Å². The summed E-state index contributed by atoms with van der Waals surface area (Å²) in [5, 5.41) is 33.3. The van der Waals surface area contributed by atoms with Gasteiger partial charge in [-0.15, -0.1) is 0 Å². The molecule has 0 fully saturated rings. The Hall–Kier alpha value is -1.17. The van der Waals surface area contributed by atoms with E-state index >= 15 is 0 Å². The van der Waals surface area contributed by atoms with Crippen LogP contribution < -0.4 is 5.32 Å². The summed E-state index contributed by atoms with van der Waals surface area (Å²) in [6, 6.07) is -0.658. The van der Waals surface area contributed by atoms with Crippen LogP contribution in [-0.2, 0) is 4.79 Å². The molecule has 3 atom stereocenters. The molecule has 0 aromatic rings. The van der Waals surface area contributed by atoms with Crippen molar-refractivity contribution < 1.29 is 20.1 Å². The number of allylic oxidation sites excluding steroid dienone is 4. The monoisotopic (exact) mass is 692 g/mol. The molecule has 0 saturated heterocycles. The fourth-order valence-electron chi connectivity index (χ4n) is 6.67. The first-order valence-electron chi connectivity index (χ1n) is 21.6. The molecule has 0 aromatic heterocycles. The predicted molar refractivity (Wildman–Crippen MR) is 213 cm³/mol. The van der Waals surface area contributed by atoms with Gasteiger partial charge in [0.1, 0.15) is 0 Å². The highest BCUT2D eigenvalue weighted by atomic mass is 16.3. The molecule has 0 aliphatic rings. The molecule has 5 heteroatoms. The summed E-state index contributed by atoms with van der Waals surface area (Å²) in [5.74, 6) is -0.288. The van der Waals surface area contributed by atoms with Crippen LogP contribution in [0, 0.1) is 0 Å². The second kappa shape index (κ2) is 39.6. The van der Waals surface area contributed by atoms with Crippen molar-refractivity contribution in [2.75, 3.05) is 6.61 Å². The van der Waals surface area contributed by atoms with Crippen LogP contribution in [0.25, 0.3) is 0 Å². The van der Waals surface area contributed by atoms with E-state index in [9.17, 15) is 20.1 Å². The first-order chi connectivity index (χ1) is 24.0. The van der Waals surface area contributed by atoms with Crippen molar-refractivity contribution >= 4 is 5.91 Å². The van der Waals surface area contributed by atoms with Gasteiger partial charge < -0.3 is 20.6 Å². The van der Waals surface area contributed by atoms with E-state index in [4.69, 9.17) is 0 Å². The highest BCUT2D eigenvalue weighted by Gasteiger charge is 2.21. The van der Waals surface area contributed by atoms with Gasteiger partial charge in [0.15, 0.2) is 0 Å². The molecule has 0 aromatic carbocycles. The fourth-order valence-corrected chi connectivity index (χ4v) is 6.67. The molecule has 0 radical (unpaired) electrons. The molecule has 5 nitrogen and oxygen atoms in total. The quantitative estimate of drug-likeness (QED) is 0.0381. The van der Waals surface area contributed by atoms with E-state index in [-0.39, 0.29) is 18.9 Å². The number of unbranched alkanes of at least 4 members (excludes halogenated alkanes) is 26. The summed E-state index contributed by atoms with van der Waals surface area (Å²) in [7, 11) is 0. The molecular weight excluding hydrogens is 606 g/mol. The second-order valence-electron chi connectivity index (χ2n) is 15.0. The van der Waals surface area contributed by atoms with Crippen molar-refractivity contribution in [3.63, 3.8) is 0 Å². The van der Waals surface area contributed by atoms with Gasteiger partial charge in [-0.2, -0.15) is 0 Å². The summed E-state index contributed by atoms with van der Waals surface area (Å²) < 4.78 is 0. The number of rotatable bonds is 39. The maximum atomic E-state index is 12.4. The number of amides is 1. The largest absolute Gasteiger partial charge is 0.394 e. The number of hydrogen-bond acceptors (Lipinski definition) is 4. The summed E-state index contributed by atoms with van der Waals surface area (Å²) in [4.78, 5) is 12.4. The van der Waals surface area contributed by atoms with E-state index in [1.807, 2.05) is 0 Å². The van der Waals surface area contributed by atoms with Gasteiger partial charge in [-0.05, 0) is 44.9 Å². The van der Waals surface area contributed by atoms with Gasteiger partial charge in [0.2, 0.25) is 5.91 Å². The van der Waals surface area contributed by atoms with Crippen LogP contribution in [0.5, 0.6) is 0 Å². The molecule has 49 heavy (non-hydrogen) atoms. The van der Waals surface area contributed by atoms with E-state index < -0.39 is 18.2 Å². The molecule has 0 heterocycles. The number of hydrogen-bond donors (Lipinski definition) is 4. The van der Waals surface area contributed by atoms with E-state index in [0.29, 0.717) is 12.8 Å². The zero-order valence-corrected chi connectivity index (χ0v) is 32.8. The number of aliphatic hydroxyl groups is 3. The molecule has 0 saturated carbocycles. The maximum absolute atomic E-state index is 12.4. The number of nitrogens with one attached hydrogen (secondary N) is 1. The van der Waals surface area contributed by atoms with E-state index in [1.165, 1.54) is 161 Å². The van der Waals surface area contributed by atoms with Gasteiger partial charge in [-0.25, -0.2) is 0 Å². The molecule has 0 spiro atoms. The molecule has 4 N–H and O–H groups in total. The van der Waals surface area contributed by atoms with Gasteiger partial charge in [-0.1, -0.05) is 199 Å². The Morgan fingerprint density at radius 1 is 0.510 bits per heavy atom. The molecule has 3 unspecified atom stereocenters. The van der Waals surface area contributed by atoms with E-state index in [1.54, 1.807) is 0 Å². The molecule has 0 aliphatic carbocycles. The number of carbonyl (C=O) groups excluding carboxylic acids is 1. The van der Waals surface area contributed by atoms with Gasteiger partial charge >= 0.3 is 0 Å². The van der Waals surface area contributed by atoms with Crippen molar-refractivity contribution in [2.45, 2.75) is 244 Å². The molecule has 290 valence electrons. The van der Waals surface area contributed by atoms with Crippen molar-refractivity contribution in [3.8, 4) is 0 Å². The highest BCUT2D eigenvalue weighted by molar-refractivity contribution is 5.76. The molecule has 0 bridgehead atoms. The van der Waals surface area contributed by atoms with Crippen LogP contribution in [0.2, 0.25) is 0 Å². The Morgan fingerprint density at radius 2 is 0.878 bits per heavy atom. The van der Waals surface area contributed by atoms with Crippen LogP contribution in [-0.4, -0.2) is 46.1 Å². The molecular formula is C44H85NO4. The van der Waals surface area contributed by atoms with Crippen molar-refractivity contribution in [3.05, 3.63) is 24.3 Å². The van der Waals surface area contributed by atoms with Gasteiger partial charge in [0.05, 0.1) is 31.3 Å². The Balaban J connectivity index is 3.61. The standard InChI is InChI=1S/C44H85NO4/c1-3-5-7-9-11-13-15-16-17-18-19-20-21-22-23-24-25-26-28-29-31-33-35-37-41(47)39-44(49)45-42(40-46)43(48)38-36-34-32-30-27-14-12-10-8-6-4-2/h19-20,22-23,41-43,46-48H,3-18,21,24-40H2,1-2H3,(H,45,49)/b20-19-,23-22-. The molecule has 0 aliphatic heterocycles. The average Bonchev–Trinajstić information content (AvgIpc) is 3.09. The lowest BCUT2D eigenvalue weighted by atomic mass is 10.0. The summed E-state index contributed by atoms with van der Waals surface area (Å²) in [6.07, 6.45) is 47.2. The summed E-state index contributed by atoms with van der Waals surface area (Å²) >= 11 is 0. The molecule has 0 rings (SSSR count). The zero-order valence-electron chi connectivity index (χ0n) is 32.8. The van der Waals surface area contributed by atoms with Crippen LogP contribution in [0.4, 0.5) is 0 Å². The normalized spacial score (nSPS) is 13.8. The van der Waals surface area contributed by atoms with Crippen LogP contribution >= 0.6 is 0 Å². The Kier molecular flexibility index (Phi) is 38.7. The van der Waals surface area contributed by atoms with Crippen molar-refractivity contribution in [1.82, 2.24) is 5.32 Å². The topological polar surface area (TPSA) is 89.8 Å². The smallest absolute Gasteiger partial charge is 0.222 e. The minimum Gasteiger partial charge on any atom is -0.394 e. The van der Waals surface area contributed by atoms with Crippen LogP contribution in [0.15, 0.2) is 24.3 Å². The van der Waals surface area contributed by atoms with E-state index in [0.717, 1.165) is 32.1 Å². The third kappa shape index (κ3) is 36.4. The van der Waals surface area contributed by atoms with Gasteiger partial charge in [-0.3, -0.25) is 4.79 Å². The summed E-state index contributed by atoms with van der Waals surface area (Å²) in [5.41, 5.74) is 0. The Bertz CT molecular complexity index is 724. The lowest BCUT2D eigenvalue weighted by molar-refractivity contribution is -0.125. The Labute approximate surface area is 305 Å². The SMILES string of the molecule is CCCCCCCCCCC/C=C\C/C=C\CCCCCCCCCC(O)CC(=O)NC(CO)C(O)CCCCCCCCCCCCC. The molecule has 1 amide bonds. The van der Waals surface area contributed by atoms with Gasteiger partial charge in [0.25, 0.3) is 0 Å². The minimum absolute atomic E-state index is 0.0320. The van der Waals surface area contributed by atoms with Crippen molar-refractivity contribution in [1.29, 1.82) is 0 Å². The minimum atomic E-state index is -0.748. The summed E-state index contributed by atoms with van der Waals surface area (Å²) in [6.45, 7) is 4.25. The fraction of sp³-hybridized carbons (Fsp3) is 0.886. The zero-order chi connectivity index (χ0) is 35.9. The van der Waals surface area contributed by atoms with Crippen LogP contribution in [0.3, 0.4) is 0 Å². The first-order valence-corrected chi connectivity index (χ1v) is 21.6. The lowest BCUT2D eigenvalue weighted by Gasteiger charge is -2.23. The Morgan fingerprint density at radius 3 is 1.29 bits per heavy atom. The maximum Gasteiger partial charge on any atom is 0.222 e. The first kappa shape index (κ1) is 47.8. The average molecular weight is 692 g/mol. The van der Waals surface area contributed by atoms with Gasteiger partial charge in [0, 0.05) is 0 Å². The third-order valence-corrected chi connectivity index (χ3v) is 10.0. The second-order valence-corrected chi connectivity index (χ2v) is 15.0. The highest BCUT2D eigenvalue weighted by Crippen LogP contribution is 2.15.